The summed E-state index contributed by atoms with van der Waals surface area (Å²) in [5, 5.41) is 7.09. The van der Waals surface area contributed by atoms with Gasteiger partial charge in [-0.15, -0.1) is 0 Å². The van der Waals surface area contributed by atoms with Crippen molar-refractivity contribution in [2.24, 2.45) is 5.41 Å². The molecule has 3 heteroatoms. The molecule has 0 bridgehead atoms. The van der Waals surface area contributed by atoms with E-state index in [2.05, 4.69) is 28.6 Å². The van der Waals surface area contributed by atoms with Gasteiger partial charge in [0.25, 0.3) is 0 Å². The van der Waals surface area contributed by atoms with E-state index in [1.165, 1.54) is 31.5 Å². The van der Waals surface area contributed by atoms with Crippen LogP contribution in [0.2, 0.25) is 0 Å². The number of aryl methyl sites for hydroxylation is 1. The molecule has 2 N–H and O–H groups in total. The van der Waals surface area contributed by atoms with Gasteiger partial charge in [0.05, 0.1) is 0 Å². The van der Waals surface area contributed by atoms with E-state index in [1.807, 2.05) is 19.2 Å². The fourth-order valence-corrected chi connectivity index (χ4v) is 2.55. The topological polar surface area (TPSA) is 37.0 Å². The Morgan fingerprint density at radius 3 is 3.06 bits per heavy atom. The van der Waals surface area contributed by atoms with Gasteiger partial charge in [0.2, 0.25) is 0 Å². The number of rotatable bonds is 4. The van der Waals surface area contributed by atoms with E-state index in [9.17, 15) is 0 Å². The molecule has 2 heterocycles. The second kappa shape index (κ2) is 5.50. The zero-order valence-corrected chi connectivity index (χ0v) is 10.9. The van der Waals surface area contributed by atoms with E-state index in [4.69, 9.17) is 0 Å². The lowest BCUT2D eigenvalue weighted by Crippen LogP contribution is -2.44. The van der Waals surface area contributed by atoms with Crippen molar-refractivity contribution in [2.75, 3.05) is 25.0 Å². The molecule has 0 amide bonds. The lowest BCUT2D eigenvalue weighted by molar-refractivity contribution is 0.217. The largest absolute Gasteiger partial charge is 0.384 e. The molecule has 1 unspecified atom stereocenters. The maximum absolute atomic E-state index is 4.22. The monoisotopic (exact) mass is 233 g/mol. The van der Waals surface area contributed by atoms with Gasteiger partial charge in [-0.2, -0.15) is 0 Å². The van der Waals surface area contributed by atoms with Gasteiger partial charge in [0, 0.05) is 30.7 Å². The van der Waals surface area contributed by atoms with Crippen LogP contribution >= 0.6 is 0 Å². The summed E-state index contributed by atoms with van der Waals surface area (Å²) in [6.07, 6.45) is 5.73. The van der Waals surface area contributed by atoms with Gasteiger partial charge < -0.3 is 10.6 Å². The summed E-state index contributed by atoms with van der Waals surface area (Å²) in [4.78, 5) is 4.22. The molecular weight excluding hydrogens is 210 g/mol. The van der Waals surface area contributed by atoms with Crippen LogP contribution < -0.4 is 10.6 Å². The van der Waals surface area contributed by atoms with Gasteiger partial charge in [0.1, 0.15) is 0 Å². The summed E-state index contributed by atoms with van der Waals surface area (Å²) >= 11 is 0. The third-order valence-corrected chi connectivity index (χ3v) is 3.87. The number of aromatic nitrogens is 1. The Kier molecular flexibility index (Phi) is 4.00. The van der Waals surface area contributed by atoms with Crippen molar-refractivity contribution in [3.8, 4) is 0 Å². The third kappa shape index (κ3) is 3.19. The van der Waals surface area contributed by atoms with E-state index in [0.29, 0.717) is 5.41 Å². The molecule has 0 spiro atoms. The van der Waals surface area contributed by atoms with Crippen LogP contribution in [0.4, 0.5) is 5.69 Å². The zero-order valence-electron chi connectivity index (χ0n) is 10.9. The SMILES string of the molecule is CCC1(CNc2ccnc(C)c2)CCCNC1. The first kappa shape index (κ1) is 12.4. The molecule has 0 saturated carbocycles. The first-order valence-electron chi connectivity index (χ1n) is 6.61. The molecule has 3 nitrogen and oxygen atoms in total. The minimum atomic E-state index is 0.426. The molecule has 1 aromatic heterocycles. The Bertz CT molecular complexity index is 356. The lowest BCUT2D eigenvalue weighted by atomic mass is 9.78. The highest BCUT2D eigenvalue weighted by atomic mass is 14.9. The molecule has 2 rings (SSSR count). The van der Waals surface area contributed by atoms with Crippen molar-refractivity contribution in [1.82, 2.24) is 10.3 Å². The van der Waals surface area contributed by atoms with Gasteiger partial charge in [0.15, 0.2) is 0 Å². The van der Waals surface area contributed by atoms with Gasteiger partial charge in [-0.1, -0.05) is 6.92 Å². The van der Waals surface area contributed by atoms with Crippen LogP contribution in [-0.4, -0.2) is 24.6 Å². The summed E-state index contributed by atoms with van der Waals surface area (Å²) < 4.78 is 0. The molecule has 0 aliphatic carbocycles. The number of nitrogens with one attached hydrogen (secondary N) is 2. The molecule has 1 saturated heterocycles. The smallest absolute Gasteiger partial charge is 0.0393 e. The molecule has 0 aromatic carbocycles. The van der Waals surface area contributed by atoms with Crippen LogP contribution in [0.1, 0.15) is 31.9 Å². The van der Waals surface area contributed by atoms with Crippen LogP contribution in [0.25, 0.3) is 0 Å². The van der Waals surface area contributed by atoms with Gasteiger partial charge in [-0.25, -0.2) is 0 Å². The quantitative estimate of drug-likeness (QED) is 0.839. The van der Waals surface area contributed by atoms with Gasteiger partial charge >= 0.3 is 0 Å². The Hall–Kier alpha value is -1.09. The number of nitrogens with zero attached hydrogens (tertiary/aromatic N) is 1. The summed E-state index contributed by atoms with van der Waals surface area (Å²) in [5.74, 6) is 0. The number of anilines is 1. The number of hydrogen-bond donors (Lipinski definition) is 2. The van der Waals surface area contributed by atoms with Crippen molar-refractivity contribution >= 4 is 5.69 Å². The highest BCUT2D eigenvalue weighted by Crippen LogP contribution is 2.30. The average Bonchev–Trinajstić information content (AvgIpc) is 2.38. The molecule has 17 heavy (non-hydrogen) atoms. The van der Waals surface area contributed by atoms with Crippen molar-refractivity contribution in [1.29, 1.82) is 0 Å². The number of hydrogen-bond acceptors (Lipinski definition) is 3. The average molecular weight is 233 g/mol. The van der Waals surface area contributed by atoms with Crippen molar-refractivity contribution in [2.45, 2.75) is 33.1 Å². The summed E-state index contributed by atoms with van der Waals surface area (Å²) in [6, 6.07) is 4.16. The lowest BCUT2D eigenvalue weighted by Gasteiger charge is -2.37. The fourth-order valence-electron chi connectivity index (χ4n) is 2.55. The molecule has 1 atom stereocenters. The van der Waals surface area contributed by atoms with E-state index in [0.717, 1.165) is 18.8 Å². The van der Waals surface area contributed by atoms with E-state index >= 15 is 0 Å². The normalized spacial score (nSPS) is 24.6. The summed E-state index contributed by atoms with van der Waals surface area (Å²) in [5.41, 5.74) is 2.69. The first-order valence-corrected chi connectivity index (χ1v) is 6.61. The first-order chi connectivity index (χ1) is 8.24. The van der Waals surface area contributed by atoms with Crippen LogP contribution in [-0.2, 0) is 0 Å². The van der Waals surface area contributed by atoms with Crippen LogP contribution in [0.15, 0.2) is 18.3 Å². The van der Waals surface area contributed by atoms with Gasteiger partial charge in [-0.3, -0.25) is 4.98 Å². The van der Waals surface area contributed by atoms with Crippen molar-refractivity contribution in [3.63, 3.8) is 0 Å². The minimum absolute atomic E-state index is 0.426. The molecule has 1 aromatic rings. The Labute approximate surface area is 104 Å². The minimum Gasteiger partial charge on any atom is -0.384 e. The van der Waals surface area contributed by atoms with E-state index < -0.39 is 0 Å². The standard InChI is InChI=1S/C14H23N3/c1-3-14(6-4-7-15-10-14)11-17-13-5-8-16-12(2)9-13/h5,8-9,15H,3-4,6-7,10-11H2,1-2H3,(H,16,17). The number of pyridine rings is 1. The van der Waals surface area contributed by atoms with Crippen LogP contribution in [0, 0.1) is 12.3 Å². The second-order valence-corrected chi connectivity index (χ2v) is 5.17. The summed E-state index contributed by atoms with van der Waals surface area (Å²) in [6.45, 7) is 7.70. The Balaban J connectivity index is 1.95. The molecular formula is C14H23N3. The maximum Gasteiger partial charge on any atom is 0.0393 e. The van der Waals surface area contributed by atoms with Crippen molar-refractivity contribution < 1.29 is 0 Å². The van der Waals surface area contributed by atoms with Crippen LogP contribution in [0.3, 0.4) is 0 Å². The van der Waals surface area contributed by atoms with E-state index in [1.54, 1.807) is 0 Å². The van der Waals surface area contributed by atoms with Crippen molar-refractivity contribution in [3.05, 3.63) is 24.0 Å². The Morgan fingerprint density at radius 2 is 2.41 bits per heavy atom. The molecule has 94 valence electrons. The molecule has 1 aliphatic heterocycles. The highest BCUT2D eigenvalue weighted by Gasteiger charge is 2.29. The third-order valence-electron chi connectivity index (χ3n) is 3.87. The summed E-state index contributed by atoms with van der Waals surface area (Å²) in [7, 11) is 0. The molecule has 1 aliphatic rings. The van der Waals surface area contributed by atoms with Crippen LogP contribution in [0.5, 0.6) is 0 Å². The predicted octanol–water partition coefficient (Wildman–Crippen LogP) is 2.58. The Morgan fingerprint density at radius 1 is 1.53 bits per heavy atom. The second-order valence-electron chi connectivity index (χ2n) is 5.17. The van der Waals surface area contributed by atoms with E-state index in [-0.39, 0.29) is 0 Å². The highest BCUT2D eigenvalue weighted by molar-refractivity contribution is 5.43. The number of piperidine rings is 1. The molecule has 1 fully saturated rings. The zero-order chi connectivity index (χ0) is 12.1. The molecule has 0 radical (unpaired) electrons. The predicted molar refractivity (Wildman–Crippen MR) is 72.3 cm³/mol. The van der Waals surface area contributed by atoms with Gasteiger partial charge in [-0.05, 0) is 50.3 Å². The maximum atomic E-state index is 4.22. The fraction of sp³-hybridized carbons (Fsp3) is 0.643.